The number of sulfone groups is 1. The van der Waals surface area contributed by atoms with Crippen LogP contribution in [0.2, 0.25) is 0 Å². The molecule has 0 radical (unpaired) electrons. The third-order valence-corrected chi connectivity index (χ3v) is 8.08. The predicted molar refractivity (Wildman–Crippen MR) is 134 cm³/mol. The number of hydrogen-bond donors (Lipinski definition) is 3. The molecule has 1 aliphatic carbocycles. The lowest BCUT2D eigenvalue weighted by molar-refractivity contribution is -0.125. The van der Waals surface area contributed by atoms with Gasteiger partial charge in [-0.1, -0.05) is 0 Å². The van der Waals surface area contributed by atoms with E-state index in [1.165, 1.54) is 12.6 Å². The van der Waals surface area contributed by atoms with Crippen molar-refractivity contribution >= 4 is 59.8 Å². The second-order valence-electron chi connectivity index (χ2n) is 8.78. The lowest BCUT2D eigenvalue weighted by Crippen LogP contribution is -2.35. The number of aromatic amines is 1. The van der Waals surface area contributed by atoms with Crippen molar-refractivity contribution in [3.8, 4) is 0 Å². The topological polar surface area (TPSA) is 130 Å². The molecule has 4 aromatic rings. The number of nitrogens with zero attached hydrogens (tertiary/aromatic N) is 3. The molecule has 34 heavy (non-hydrogen) atoms. The van der Waals surface area contributed by atoms with Crippen LogP contribution in [0.25, 0.3) is 21.3 Å². The van der Waals surface area contributed by atoms with Gasteiger partial charge in [-0.15, -0.1) is 11.3 Å². The predicted octanol–water partition coefficient (Wildman–Crippen LogP) is 3.28. The molecule has 3 N–H and O–H groups in total. The number of fused-ring (bicyclic) bond motifs is 4. The monoisotopic (exact) mass is 498 g/mol. The van der Waals surface area contributed by atoms with Crippen LogP contribution in [0.4, 0.5) is 11.5 Å². The van der Waals surface area contributed by atoms with Crippen molar-refractivity contribution in [2.24, 2.45) is 5.92 Å². The van der Waals surface area contributed by atoms with Crippen molar-refractivity contribution in [2.45, 2.75) is 32.6 Å². The van der Waals surface area contributed by atoms with Crippen LogP contribution in [0.3, 0.4) is 0 Å². The van der Waals surface area contributed by atoms with E-state index in [2.05, 4.69) is 36.6 Å². The number of H-pyrrole nitrogens is 1. The highest BCUT2D eigenvalue weighted by Gasteiger charge is 2.29. The van der Waals surface area contributed by atoms with Gasteiger partial charge in [0.25, 0.3) is 0 Å². The van der Waals surface area contributed by atoms with Crippen LogP contribution < -0.4 is 10.6 Å². The number of aromatic nitrogens is 4. The normalized spacial score (nSPS) is 16.0. The number of rotatable bonds is 7. The molecule has 9 nitrogen and oxygen atoms in total. The van der Waals surface area contributed by atoms with Crippen molar-refractivity contribution in [1.29, 1.82) is 0 Å². The van der Waals surface area contributed by atoms with E-state index in [4.69, 9.17) is 0 Å². The summed E-state index contributed by atoms with van der Waals surface area (Å²) in [5, 5.41) is 8.25. The van der Waals surface area contributed by atoms with Crippen LogP contribution in [-0.2, 0) is 27.5 Å². The molecule has 0 aliphatic heterocycles. The number of hydrogen-bond acceptors (Lipinski definition) is 8. The zero-order chi connectivity index (χ0) is 23.9. The van der Waals surface area contributed by atoms with Crippen molar-refractivity contribution in [2.75, 3.05) is 23.9 Å². The highest BCUT2D eigenvalue weighted by atomic mass is 32.2. The van der Waals surface area contributed by atoms with Gasteiger partial charge in [0.1, 0.15) is 27.6 Å². The van der Waals surface area contributed by atoms with E-state index in [-0.39, 0.29) is 17.6 Å². The molecule has 1 unspecified atom stereocenters. The smallest absolute Gasteiger partial charge is 0.223 e. The molecule has 178 valence electrons. The first kappa shape index (κ1) is 22.7. The van der Waals surface area contributed by atoms with Crippen LogP contribution in [0.5, 0.6) is 0 Å². The zero-order valence-corrected chi connectivity index (χ0v) is 20.6. The van der Waals surface area contributed by atoms with E-state index in [1.54, 1.807) is 11.3 Å². The summed E-state index contributed by atoms with van der Waals surface area (Å²) in [5.41, 5.74) is 4.74. The Kier molecular flexibility index (Phi) is 5.98. The Morgan fingerprint density at radius 1 is 1.29 bits per heavy atom. The molecular weight excluding hydrogens is 472 g/mol. The number of amides is 1. The largest absolute Gasteiger partial charge is 0.356 e. The van der Waals surface area contributed by atoms with Crippen LogP contribution in [-0.4, -0.2) is 52.8 Å². The number of thiazole rings is 1. The third kappa shape index (κ3) is 4.76. The maximum Gasteiger partial charge on any atom is 0.223 e. The zero-order valence-electron chi connectivity index (χ0n) is 19.0. The lowest BCUT2D eigenvalue weighted by Gasteiger charge is -2.22. The second kappa shape index (κ2) is 8.95. The molecule has 3 heterocycles. The standard InChI is InChI=1S/C23H26N6O3S2/c1-13-27-18-11-15(5-7-19(18)33-13)28-21-20-16-10-14(23(30)24-8-3-9-34(2,31)32)4-6-17(16)29-22(20)26-12-25-21/h5,7,11-12,14H,3-4,6,8-10H2,1-2H3,(H,24,30)(H2,25,26,28,29). The number of carbonyl (C=O) groups is 1. The number of anilines is 2. The van der Waals surface area contributed by atoms with Gasteiger partial charge in [0.15, 0.2) is 0 Å². The molecule has 0 saturated carbocycles. The minimum absolute atomic E-state index is 0.0378. The molecule has 0 saturated heterocycles. The maximum absolute atomic E-state index is 12.8. The summed E-state index contributed by atoms with van der Waals surface area (Å²) in [5.74, 6) is 0.558. The number of aryl methyl sites for hydroxylation is 2. The Morgan fingerprint density at radius 2 is 2.15 bits per heavy atom. The fourth-order valence-corrected chi connectivity index (χ4v) is 5.98. The van der Waals surface area contributed by atoms with E-state index in [0.717, 1.165) is 56.0 Å². The van der Waals surface area contributed by atoms with Crippen LogP contribution in [0.15, 0.2) is 24.5 Å². The molecule has 1 aliphatic rings. The quantitative estimate of drug-likeness (QED) is 0.333. The number of carbonyl (C=O) groups excluding carboxylic acids is 1. The lowest BCUT2D eigenvalue weighted by atomic mass is 9.86. The van der Waals surface area contributed by atoms with Gasteiger partial charge >= 0.3 is 0 Å². The maximum atomic E-state index is 12.8. The molecule has 0 spiro atoms. The van der Waals surface area contributed by atoms with Crippen molar-refractivity contribution in [3.05, 3.63) is 40.8 Å². The number of benzene rings is 1. The average Bonchev–Trinajstić information content (AvgIpc) is 3.34. The fourth-order valence-electron chi connectivity index (χ4n) is 4.51. The fraction of sp³-hybridized carbons (Fsp3) is 0.391. The number of nitrogens with one attached hydrogen (secondary N) is 3. The second-order valence-corrected chi connectivity index (χ2v) is 12.3. The molecule has 1 amide bonds. The van der Waals surface area contributed by atoms with Crippen molar-refractivity contribution in [1.82, 2.24) is 25.3 Å². The van der Waals surface area contributed by atoms with Gasteiger partial charge in [-0.25, -0.2) is 23.4 Å². The highest BCUT2D eigenvalue weighted by Crippen LogP contribution is 2.35. The SMILES string of the molecule is Cc1nc2cc(Nc3ncnc4[nH]c5c(c34)CC(C(=O)NCCCS(C)(=O)=O)CC5)ccc2s1. The van der Waals surface area contributed by atoms with E-state index < -0.39 is 9.84 Å². The summed E-state index contributed by atoms with van der Waals surface area (Å²) in [7, 11) is -3.03. The minimum Gasteiger partial charge on any atom is -0.356 e. The summed E-state index contributed by atoms with van der Waals surface area (Å²) >= 11 is 1.66. The van der Waals surface area contributed by atoms with E-state index in [1.807, 2.05) is 19.1 Å². The molecule has 0 fully saturated rings. The van der Waals surface area contributed by atoms with Gasteiger partial charge < -0.3 is 15.6 Å². The molecule has 5 rings (SSSR count). The van der Waals surface area contributed by atoms with Crippen LogP contribution in [0.1, 0.15) is 29.1 Å². The Hall–Kier alpha value is -3.05. The van der Waals surface area contributed by atoms with Crippen molar-refractivity contribution in [3.63, 3.8) is 0 Å². The van der Waals surface area contributed by atoms with Gasteiger partial charge in [0.05, 0.1) is 26.4 Å². The first-order valence-electron chi connectivity index (χ1n) is 11.2. The third-order valence-electron chi connectivity index (χ3n) is 6.10. The van der Waals surface area contributed by atoms with Crippen LogP contribution in [0, 0.1) is 12.8 Å². The summed E-state index contributed by atoms with van der Waals surface area (Å²) < 4.78 is 23.7. The average molecular weight is 499 g/mol. The Morgan fingerprint density at radius 3 is 2.97 bits per heavy atom. The minimum atomic E-state index is -3.03. The van der Waals surface area contributed by atoms with Gasteiger partial charge in [0.2, 0.25) is 5.91 Å². The van der Waals surface area contributed by atoms with E-state index in [9.17, 15) is 13.2 Å². The Labute approximate surface area is 201 Å². The molecule has 11 heteroatoms. The van der Waals surface area contributed by atoms with Gasteiger partial charge in [-0.3, -0.25) is 4.79 Å². The Balaban J connectivity index is 1.36. The summed E-state index contributed by atoms with van der Waals surface area (Å²) in [6.45, 7) is 2.35. The summed E-state index contributed by atoms with van der Waals surface area (Å²) in [4.78, 5) is 29.7. The van der Waals surface area contributed by atoms with Gasteiger partial charge in [-0.05, 0) is 56.4 Å². The summed E-state index contributed by atoms with van der Waals surface area (Å²) in [6, 6.07) is 6.08. The highest BCUT2D eigenvalue weighted by molar-refractivity contribution is 7.90. The van der Waals surface area contributed by atoms with Gasteiger partial charge in [0, 0.05) is 30.1 Å². The Bertz CT molecular complexity index is 1490. The molecule has 1 aromatic carbocycles. The molecular formula is C23H26N6O3S2. The molecule has 1 atom stereocenters. The van der Waals surface area contributed by atoms with E-state index in [0.29, 0.717) is 25.2 Å². The summed E-state index contributed by atoms with van der Waals surface area (Å²) in [6.07, 6.45) is 5.21. The van der Waals surface area contributed by atoms with Crippen LogP contribution >= 0.6 is 11.3 Å². The van der Waals surface area contributed by atoms with Gasteiger partial charge in [-0.2, -0.15) is 0 Å². The van der Waals surface area contributed by atoms with Crippen molar-refractivity contribution < 1.29 is 13.2 Å². The molecule has 0 bridgehead atoms. The molecule has 3 aromatic heterocycles. The van der Waals surface area contributed by atoms with E-state index >= 15 is 0 Å². The first-order chi connectivity index (χ1) is 16.3. The first-order valence-corrected chi connectivity index (χ1v) is 14.1.